The van der Waals surface area contributed by atoms with Crippen molar-refractivity contribution in [3.8, 4) is 0 Å². The van der Waals surface area contributed by atoms with E-state index in [1.165, 1.54) is 19.3 Å². The molecule has 4 heteroatoms. The van der Waals surface area contributed by atoms with Gasteiger partial charge in [0.1, 0.15) is 0 Å². The normalized spacial score (nSPS) is 24.4. The van der Waals surface area contributed by atoms with Gasteiger partial charge in [0.25, 0.3) is 5.56 Å². The summed E-state index contributed by atoms with van der Waals surface area (Å²) < 4.78 is 1.69. The zero-order valence-electron chi connectivity index (χ0n) is 14.4. The zero-order valence-corrected chi connectivity index (χ0v) is 14.4. The van der Waals surface area contributed by atoms with Crippen molar-refractivity contribution >= 4 is 5.91 Å². The zero-order chi connectivity index (χ0) is 17.2. The van der Waals surface area contributed by atoms with Gasteiger partial charge in [0.15, 0.2) is 0 Å². The van der Waals surface area contributed by atoms with Crippen molar-refractivity contribution in [1.82, 2.24) is 9.88 Å². The van der Waals surface area contributed by atoms with Gasteiger partial charge in [0, 0.05) is 24.7 Å². The third-order valence-corrected chi connectivity index (χ3v) is 5.82. The lowest BCUT2D eigenvalue weighted by molar-refractivity contribution is -0.126. The van der Waals surface area contributed by atoms with Gasteiger partial charge < -0.3 is 9.88 Å². The van der Waals surface area contributed by atoms with Crippen LogP contribution in [0.1, 0.15) is 36.8 Å². The molecule has 1 N–H and O–H groups in total. The SMILES string of the molecule is O=C(NCc1ccc(Cn2ccccc2=O)cc1)[C@@H]1C[C@H]2CC[C@H]1C2. The summed E-state index contributed by atoms with van der Waals surface area (Å²) in [6.45, 7) is 1.15. The molecule has 2 fully saturated rings. The number of hydrogen-bond donors (Lipinski definition) is 1. The minimum Gasteiger partial charge on any atom is -0.352 e. The van der Waals surface area contributed by atoms with Crippen molar-refractivity contribution in [2.24, 2.45) is 17.8 Å². The second kappa shape index (κ2) is 6.87. The summed E-state index contributed by atoms with van der Waals surface area (Å²) in [6, 6.07) is 13.3. The van der Waals surface area contributed by atoms with E-state index in [4.69, 9.17) is 0 Å². The molecule has 2 aromatic rings. The molecule has 0 saturated heterocycles. The molecule has 2 aliphatic rings. The topological polar surface area (TPSA) is 51.1 Å². The fraction of sp³-hybridized carbons (Fsp3) is 0.429. The first kappa shape index (κ1) is 16.1. The fourth-order valence-corrected chi connectivity index (χ4v) is 4.44. The van der Waals surface area contributed by atoms with Gasteiger partial charge in [-0.05, 0) is 48.3 Å². The molecule has 1 aromatic heterocycles. The lowest BCUT2D eigenvalue weighted by atomic mass is 9.88. The van der Waals surface area contributed by atoms with Gasteiger partial charge in [-0.15, -0.1) is 0 Å². The van der Waals surface area contributed by atoms with Crippen LogP contribution >= 0.6 is 0 Å². The molecule has 2 saturated carbocycles. The van der Waals surface area contributed by atoms with Crippen LogP contribution in [-0.2, 0) is 17.9 Å². The average molecular weight is 336 g/mol. The van der Waals surface area contributed by atoms with Crippen LogP contribution in [0.25, 0.3) is 0 Å². The standard InChI is InChI=1S/C21H24N2O2/c24-20-3-1-2-10-23(20)14-16-6-4-15(5-7-16)13-22-21(25)19-12-17-8-9-18(19)11-17/h1-7,10,17-19H,8-9,11-14H2,(H,22,25)/t17-,18-,19+/m0/s1. The highest BCUT2D eigenvalue weighted by Gasteiger charge is 2.42. The molecule has 1 heterocycles. The number of benzene rings is 1. The molecule has 0 radical (unpaired) electrons. The van der Waals surface area contributed by atoms with Crippen LogP contribution in [0, 0.1) is 17.8 Å². The van der Waals surface area contributed by atoms with Crippen molar-refractivity contribution in [3.63, 3.8) is 0 Å². The van der Waals surface area contributed by atoms with Crippen LogP contribution in [0.3, 0.4) is 0 Å². The van der Waals surface area contributed by atoms with E-state index in [2.05, 4.69) is 5.32 Å². The molecular formula is C21H24N2O2. The van der Waals surface area contributed by atoms with Crippen molar-refractivity contribution in [1.29, 1.82) is 0 Å². The second-order valence-electron chi connectivity index (χ2n) is 7.48. The molecule has 0 spiro atoms. The molecule has 0 aliphatic heterocycles. The minimum absolute atomic E-state index is 0.00435. The van der Waals surface area contributed by atoms with E-state index in [-0.39, 0.29) is 17.4 Å². The third-order valence-electron chi connectivity index (χ3n) is 5.82. The van der Waals surface area contributed by atoms with Gasteiger partial charge in [0.05, 0.1) is 6.54 Å². The van der Waals surface area contributed by atoms with E-state index in [1.807, 2.05) is 30.3 Å². The first-order chi connectivity index (χ1) is 12.2. The third kappa shape index (κ3) is 3.53. The smallest absolute Gasteiger partial charge is 0.250 e. The Hall–Kier alpha value is -2.36. The molecule has 25 heavy (non-hydrogen) atoms. The van der Waals surface area contributed by atoms with Gasteiger partial charge in [-0.2, -0.15) is 0 Å². The Labute approximate surface area is 147 Å². The lowest BCUT2D eigenvalue weighted by Gasteiger charge is -2.20. The summed E-state index contributed by atoms with van der Waals surface area (Å²) in [5, 5.41) is 3.11. The molecule has 0 unspecified atom stereocenters. The van der Waals surface area contributed by atoms with Crippen LogP contribution in [-0.4, -0.2) is 10.5 Å². The number of rotatable bonds is 5. The molecule has 2 bridgehead atoms. The predicted molar refractivity (Wildman–Crippen MR) is 97.0 cm³/mol. The van der Waals surface area contributed by atoms with Crippen LogP contribution in [0.4, 0.5) is 0 Å². The first-order valence-electron chi connectivity index (χ1n) is 9.20. The van der Waals surface area contributed by atoms with Crippen LogP contribution < -0.4 is 10.9 Å². The van der Waals surface area contributed by atoms with Crippen molar-refractivity contribution in [2.75, 3.05) is 0 Å². The monoisotopic (exact) mass is 336 g/mol. The Kier molecular flexibility index (Phi) is 4.43. The molecule has 2 aliphatic carbocycles. The maximum atomic E-state index is 12.4. The van der Waals surface area contributed by atoms with Crippen LogP contribution in [0.5, 0.6) is 0 Å². The summed E-state index contributed by atoms with van der Waals surface area (Å²) in [5.74, 6) is 1.88. The van der Waals surface area contributed by atoms with Gasteiger partial charge in [-0.3, -0.25) is 9.59 Å². The summed E-state index contributed by atoms with van der Waals surface area (Å²) in [4.78, 5) is 24.2. The van der Waals surface area contributed by atoms with E-state index < -0.39 is 0 Å². The number of carbonyl (C=O) groups is 1. The molecule has 130 valence electrons. The van der Waals surface area contributed by atoms with E-state index in [1.54, 1.807) is 22.9 Å². The molecule has 4 nitrogen and oxygen atoms in total. The summed E-state index contributed by atoms with van der Waals surface area (Å²) >= 11 is 0. The highest BCUT2D eigenvalue weighted by molar-refractivity contribution is 5.79. The molecule has 1 amide bonds. The Balaban J connectivity index is 1.32. The highest BCUT2D eigenvalue weighted by Crippen LogP contribution is 2.48. The molecular weight excluding hydrogens is 312 g/mol. The lowest BCUT2D eigenvalue weighted by Crippen LogP contribution is -2.33. The number of nitrogens with one attached hydrogen (secondary N) is 1. The Morgan fingerprint density at radius 2 is 1.84 bits per heavy atom. The molecule has 4 rings (SSSR count). The number of nitrogens with zero attached hydrogens (tertiary/aromatic N) is 1. The van der Waals surface area contributed by atoms with Crippen LogP contribution in [0.2, 0.25) is 0 Å². The number of pyridine rings is 1. The number of amides is 1. The van der Waals surface area contributed by atoms with Gasteiger partial charge in [-0.25, -0.2) is 0 Å². The van der Waals surface area contributed by atoms with Crippen molar-refractivity contribution in [2.45, 2.75) is 38.8 Å². The summed E-state index contributed by atoms with van der Waals surface area (Å²) in [7, 11) is 0. The second-order valence-corrected chi connectivity index (χ2v) is 7.48. The Morgan fingerprint density at radius 1 is 1.04 bits per heavy atom. The predicted octanol–water partition coefficient (Wildman–Crippen LogP) is 2.95. The summed E-state index contributed by atoms with van der Waals surface area (Å²) in [5.41, 5.74) is 2.18. The van der Waals surface area contributed by atoms with E-state index in [0.717, 1.165) is 23.5 Å². The minimum atomic E-state index is 0.00435. The van der Waals surface area contributed by atoms with E-state index in [0.29, 0.717) is 19.0 Å². The largest absolute Gasteiger partial charge is 0.352 e. The Bertz CT molecular complexity index is 809. The van der Waals surface area contributed by atoms with E-state index in [9.17, 15) is 9.59 Å². The highest BCUT2D eigenvalue weighted by atomic mass is 16.2. The number of carbonyl (C=O) groups excluding carboxylic acids is 1. The van der Waals surface area contributed by atoms with Gasteiger partial charge >= 0.3 is 0 Å². The first-order valence-corrected chi connectivity index (χ1v) is 9.20. The molecule has 1 aromatic carbocycles. The average Bonchev–Trinajstić information content (AvgIpc) is 3.26. The maximum Gasteiger partial charge on any atom is 0.250 e. The number of fused-ring (bicyclic) bond motifs is 2. The van der Waals surface area contributed by atoms with Crippen molar-refractivity contribution < 1.29 is 4.79 Å². The Morgan fingerprint density at radius 3 is 2.52 bits per heavy atom. The number of aromatic nitrogens is 1. The fourth-order valence-electron chi connectivity index (χ4n) is 4.44. The molecule has 3 atom stereocenters. The van der Waals surface area contributed by atoms with Crippen LogP contribution in [0.15, 0.2) is 53.5 Å². The van der Waals surface area contributed by atoms with E-state index >= 15 is 0 Å². The number of hydrogen-bond acceptors (Lipinski definition) is 2. The quantitative estimate of drug-likeness (QED) is 0.913. The van der Waals surface area contributed by atoms with Crippen molar-refractivity contribution in [3.05, 3.63) is 70.1 Å². The van der Waals surface area contributed by atoms with Gasteiger partial charge in [0.2, 0.25) is 5.91 Å². The maximum absolute atomic E-state index is 12.4. The van der Waals surface area contributed by atoms with Gasteiger partial charge in [-0.1, -0.05) is 36.8 Å². The summed E-state index contributed by atoms with van der Waals surface area (Å²) in [6.07, 6.45) is 6.69.